The number of esters is 1. The van der Waals surface area contributed by atoms with Crippen LogP contribution in [0.15, 0.2) is 42.7 Å². The number of nitrogens with one attached hydrogen (secondary N) is 1. The summed E-state index contributed by atoms with van der Waals surface area (Å²) in [4.78, 5) is 17.6. The van der Waals surface area contributed by atoms with Gasteiger partial charge in [-0.2, -0.15) is 0 Å². The van der Waals surface area contributed by atoms with E-state index in [9.17, 15) is 9.90 Å². The zero-order valence-electron chi connectivity index (χ0n) is 14.4. The van der Waals surface area contributed by atoms with Gasteiger partial charge in [0.15, 0.2) is 10.8 Å². The Morgan fingerprint density at radius 3 is 2.73 bits per heavy atom. The molecule has 1 atom stereocenters. The van der Waals surface area contributed by atoms with Gasteiger partial charge in [-0.25, -0.2) is 0 Å². The van der Waals surface area contributed by atoms with Crippen molar-refractivity contribution in [2.24, 2.45) is 0 Å². The van der Waals surface area contributed by atoms with Gasteiger partial charge in [-0.3, -0.25) is 9.78 Å². The van der Waals surface area contributed by atoms with Gasteiger partial charge in [0.1, 0.15) is 12.3 Å². The fraction of sp³-hybridized carbons (Fsp3) is 0.278. The molecule has 2 aromatic rings. The van der Waals surface area contributed by atoms with Crippen LogP contribution in [0.4, 0.5) is 5.69 Å². The summed E-state index contributed by atoms with van der Waals surface area (Å²) in [6, 6.07) is 8.63. The largest absolute Gasteiger partial charge is 0.497 e. The molecule has 7 nitrogen and oxygen atoms in total. The second-order valence-corrected chi connectivity index (χ2v) is 6.03. The first kappa shape index (κ1) is 18.1. The number of fused-ring (bicyclic) bond motifs is 1. The predicted molar refractivity (Wildman–Crippen MR) is 99.8 cm³/mol. The zero-order valence-corrected chi connectivity index (χ0v) is 15.2. The number of hydrogen-bond donors (Lipinski definition) is 2. The van der Waals surface area contributed by atoms with Crippen LogP contribution in [0.25, 0.3) is 0 Å². The number of hydrogen-bond acceptors (Lipinski definition) is 6. The van der Waals surface area contributed by atoms with Crippen LogP contribution in [-0.2, 0) is 15.3 Å². The Hall–Kier alpha value is -2.71. The molecule has 3 rings (SSSR count). The highest BCUT2D eigenvalue weighted by Gasteiger charge is 2.46. The molecular weight excluding hydrogens is 354 g/mol. The quantitative estimate of drug-likeness (QED) is 0.607. The molecule has 1 aromatic carbocycles. The fourth-order valence-corrected chi connectivity index (χ4v) is 3.24. The molecule has 0 amide bonds. The van der Waals surface area contributed by atoms with Crippen LogP contribution in [-0.4, -0.2) is 46.3 Å². The van der Waals surface area contributed by atoms with E-state index in [0.717, 1.165) is 0 Å². The molecule has 26 heavy (non-hydrogen) atoms. The Morgan fingerprint density at radius 1 is 1.35 bits per heavy atom. The first-order valence-electron chi connectivity index (χ1n) is 8.06. The molecule has 2 N–H and O–H groups in total. The molecule has 0 radical (unpaired) electrons. The summed E-state index contributed by atoms with van der Waals surface area (Å²) in [5.41, 5.74) is 0.00463. The van der Waals surface area contributed by atoms with E-state index in [1.54, 1.807) is 56.8 Å². The van der Waals surface area contributed by atoms with Crippen molar-refractivity contribution in [1.29, 1.82) is 0 Å². The number of carbonyl (C=O) groups is 1. The number of anilines is 1. The Bertz CT molecular complexity index is 827. The average Bonchev–Trinajstić information content (AvgIpc) is 2.65. The van der Waals surface area contributed by atoms with Crippen molar-refractivity contribution in [3.8, 4) is 5.75 Å². The topological polar surface area (TPSA) is 83.9 Å². The van der Waals surface area contributed by atoms with E-state index < -0.39 is 11.7 Å². The van der Waals surface area contributed by atoms with Crippen molar-refractivity contribution in [3.05, 3.63) is 53.9 Å². The van der Waals surface area contributed by atoms with Crippen LogP contribution in [0.5, 0.6) is 5.75 Å². The number of aliphatic hydroxyl groups is 1. The molecule has 0 spiro atoms. The van der Waals surface area contributed by atoms with Crippen molar-refractivity contribution >= 4 is 29.0 Å². The summed E-state index contributed by atoms with van der Waals surface area (Å²) in [7, 11) is 1.57. The highest BCUT2D eigenvalue weighted by Crippen LogP contribution is 2.41. The van der Waals surface area contributed by atoms with Gasteiger partial charge in [0.25, 0.3) is 0 Å². The predicted octanol–water partition coefficient (Wildman–Crippen LogP) is 1.86. The van der Waals surface area contributed by atoms with E-state index in [0.29, 0.717) is 22.6 Å². The first-order valence-corrected chi connectivity index (χ1v) is 8.47. The van der Waals surface area contributed by atoms with Crippen LogP contribution in [0, 0.1) is 0 Å². The Morgan fingerprint density at radius 2 is 2.08 bits per heavy atom. The van der Waals surface area contributed by atoms with Crippen LogP contribution >= 0.6 is 12.2 Å². The van der Waals surface area contributed by atoms with Crippen molar-refractivity contribution in [3.63, 3.8) is 0 Å². The Balaban J connectivity index is 2.12. The lowest BCUT2D eigenvalue weighted by Gasteiger charge is -2.45. The minimum absolute atomic E-state index is 0.204. The maximum Gasteiger partial charge on any atom is 0.325 e. The monoisotopic (exact) mass is 373 g/mol. The second kappa shape index (κ2) is 7.27. The third-order valence-electron chi connectivity index (χ3n) is 4.16. The van der Waals surface area contributed by atoms with Crippen molar-refractivity contribution in [2.45, 2.75) is 12.6 Å². The molecule has 0 aliphatic carbocycles. The molecule has 0 saturated heterocycles. The van der Waals surface area contributed by atoms with Crippen molar-refractivity contribution in [2.75, 3.05) is 25.6 Å². The van der Waals surface area contributed by atoms with Crippen LogP contribution in [0.2, 0.25) is 0 Å². The maximum atomic E-state index is 12.1. The van der Waals surface area contributed by atoms with E-state index >= 15 is 0 Å². The van der Waals surface area contributed by atoms with Gasteiger partial charge in [0.2, 0.25) is 0 Å². The van der Waals surface area contributed by atoms with Gasteiger partial charge in [-0.15, -0.1) is 0 Å². The normalized spacial score (nSPS) is 18.7. The number of methoxy groups -OCH3 is 1. The smallest absolute Gasteiger partial charge is 0.325 e. The van der Waals surface area contributed by atoms with Crippen molar-refractivity contribution in [1.82, 2.24) is 9.88 Å². The number of pyridine rings is 1. The van der Waals surface area contributed by atoms with Gasteiger partial charge < -0.3 is 24.8 Å². The minimum Gasteiger partial charge on any atom is -0.497 e. The Kier molecular flexibility index (Phi) is 5.06. The summed E-state index contributed by atoms with van der Waals surface area (Å²) in [5, 5.41) is 14.9. The summed E-state index contributed by atoms with van der Waals surface area (Å²) in [6.45, 7) is 1.76. The summed E-state index contributed by atoms with van der Waals surface area (Å²) >= 11 is 5.40. The SMILES string of the molecule is CCOC(=O)CN1C(=S)Nc2cnccc2C1(O)c1ccc(OC)cc1. The third-order valence-corrected chi connectivity index (χ3v) is 4.48. The van der Waals surface area contributed by atoms with E-state index in [1.165, 1.54) is 4.90 Å². The van der Waals surface area contributed by atoms with Crippen LogP contribution in [0.3, 0.4) is 0 Å². The number of benzene rings is 1. The molecule has 8 heteroatoms. The van der Waals surface area contributed by atoms with Gasteiger partial charge in [-0.05, 0) is 37.3 Å². The molecule has 1 aliphatic rings. The lowest BCUT2D eigenvalue weighted by molar-refractivity contribution is -0.148. The molecule has 0 bridgehead atoms. The van der Waals surface area contributed by atoms with Gasteiger partial charge in [0.05, 0.1) is 25.6 Å². The fourth-order valence-electron chi connectivity index (χ4n) is 2.93. The number of nitrogens with zero attached hydrogens (tertiary/aromatic N) is 2. The second-order valence-electron chi connectivity index (χ2n) is 5.64. The zero-order chi connectivity index (χ0) is 18.7. The number of carbonyl (C=O) groups excluding carboxylic acids is 1. The summed E-state index contributed by atoms with van der Waals surface area (Å²) in [6.07, 6.45) is 3.16. The lowest BCUT2D eigenvalue weighted by atomic mass is 9.90. The average molecular weight is 373 g/mol. The maximum absolute atomic E-state index is 12.1. The molecule has 2 heterocycles. The summed E-state index contributed by atoms with van der Waals surface area (Å²) < 4.78 is 10.2. The molecule has 1 aliphatic heterocycles. The molecular formula is C18H19N3O4S. The first-order chi connectivity index (χ1) is 12.5. The third kappa shape index (κ3) is 3.09. The number of aromatic nitrogens is 1. The highest BCUT2D eigenvalue weighted by molar-refractivity contribution is 7.80. The van der Waals surface area contributed by atoms with Gasteiger partial charge >= 0.3 is 5.97 Å². The Labute approximate surface area is 156 Å². The minimum atomic E-state index is -1.65. The van der Waals surface area contributed by atoms with E-state index in [1.807, 2.05) is 0 Å². The molecule has 0 fully saturated rings. The van der Waals surface area contributed by atoms with Crippen molar-refractivity contribution < 1.29 is 19.4 Å². The van der Waals surface area contributed by atoms with E-state index in [4.69, 9.17) is 21.7 Å². The molecule has 1 aromatic heterocycles. The lowest BCUT2D eigenvalue weighted by Crippen LogP contribution is -2.57. The van der Waals surface area contributed by atoms with Gasteiger partial charge in [0, 0.05) is 17.3 Å². The number of rotatable bonds is 5. The molecule has 0 saturated carbocycles. The van der Waals surface area contributed by atoms with Crippen LogP contribution < -0.4 is 10.1 Å². The summed E-state index contributed by atoms with van der Waals surface area (Å²) in [5.74, 6) is 0.168. The number of thiocarbonyl (C=S) groups is 1. The molecule has 1 unspecified atom stereocenters. The number of ether oxygens (including phenoxy) is 2. The van der Waals surface area contributed by atoms with E-state index in [-0.39, 0.29) is 18.3 Å². The molecule has 136 valence electrons. The standard InChI is InChI=1S/C18H19N3O4S/c1-3-25-16(22)11-21-17(26)20-15-10-19-9-8-14(15)18(21,23)12-4-6-13(24-2)7-5-12/h4-10,23H,3,11H2,1-2H3,(H,20,26). The van der Waals surface area contributed by atoms with Gasteiger partial charge in [-0.1, -0.05) is 12.1 Å². The van der Waals surface area contributed by atoms with E-state index in [2.05, 4.69) is 10.3 Å². The highest BCUT2D eigenvalue weighted by atomic mass is 32.1. The van der Waals surface area contributed by atoms with Crippen LogP contribution in [0.1, 0.15) is 18.1 Å².